The van der Waals surface area contributed by atoms with Crippen LogP contribution in [0.3, 0.4) is 0 Å². The second-order valence-electron chi connectivity index (χ2n) is 4.32. The first-order valence-electron chi connectivity index (χ1n) is 5.98. The van der Waals surface area contributed by atoms with E-state index in [1.807, 2.05) is 0 Å². The minimum Gasteiger partial charge on any atom is -0.390 e. The van der Waals surface area contributed by atoms with Gasteiger partial charge in [-0.25, -0.2) is 4.98 Å². The van der Waals surface area contributed by atoms with Crippen LogP contribution in [-0.4, -0.2) is 53.7 Å². The molecule has 0 saturated heterocycles. The molecule has 1 N–H and O–H groups in total. The van der Waals surface area contributed by atoms with Crippen molar-refractivity contribution < 1.29 is 5.11 Å². The fourth-order valence-electron chi connectivity index (χ4n) is 1.55. The molecule has 5 nitrogen and oxygen atoms in total. The van der Waals surface area contributed by atoms with E-state index in [4.69, 9.17) is 5.11 Å². The summed E-state index contributed by atoms with van der Waals surface area (Å²) in [5, 5.41) is 9.06. The lowest BCUT2D eigenvalue weighted by molar-refractivity contribution is 0.276. The zero-order valence-electron chi connectivity index (χ0n) is 10.9. The molecule has 0 unspecified atom stereocenters. The maximum Gasteiger partial charge on any atom is 0.147 e. The van der Waals surface area contributed by atoms with E-state index >= 15 is 0 Å². The zero-order chi connectivity index (χ0) is 12.7. The SMILES string of the molecule is CCCN(CCN(C)C)c1cncc(CO)n1. The highest BCUT2D eigenvalue weighted by atomic mass is 16.3. The second kappa shape index (κ2) is 7.19. The van der Waals surface area contributed by atoms with E-state index in [9.17, 15) is 0 Å². The Hall–Kier alpha value is -1.20. The van der Waals surface area contributed by atoms with Crippen molar-refractivity contribution in [2.45, 2.75) is 20.0 Å². The number of nitrogens with zero attached hydrogens (tertiary/aromatic N) is 4. The van der Waals surface area contributed by atoms with Gasteiger partial charge in [-0.05, 0) is 20.5 Å². The van der Waals surface area contributed by atoms with E-state index in [0.717, 1.165) is 31.9 Å². The largest absolute Gasteiger partial charge is 0.390 e. The van der Waals surface area contributed by atoms with Crippen molar-refractivity contribution in [2.75, 3.05) is 38.6 Å². The highest BCUT2D eigenvalue weighted by Gasteiger charge is 2.08. The normalized spacial score (nSPS) is 10.9. The third kappa shape index (κ3) is 4.66. The van der Waals surface area contributed by atoms with E-state index < -0.39 is 0 Å². The first kappa shape index (κ1) is 13.9. The van der Waals surface area contributed by atoms with Gasteiger partial charge in [0.05, 0.1) is 24.7 Å². The van der Waals surface area contributed by atoms with Gasteiger partial charge in [-0.15, -0.1) is 0 Å². The number of rotatable bonds is 7. The van der Waals surface area contributed by atoms with Gasteiger partial charge >= 0.3 is 0 Å². The van der Waals surface area contributed by atoms with E-state index in [-0.39, 0.29) is 6.61 Å². The predicted octanol–water partition coefficient (Wildman–Crippen LogP) is 0.747. The summed E-state index contributed by atoms with van der Waals surface area (Å²) in [4.78, 5) is 12.8. The van der Waals surface area contributed by atoms with Crippen LogP contribution < -0.4 is 4.90 Å². The summed E-state index contributed by atoms with van der Waals surface area (Å²) < 4.78 is 0. The Labute approximate surface area is 103 Å². The molecule has 0 saturated carbocycles. The number of hydrogen-bond acceptors (Lipinski definition) is 5. The molecule has 17 heavy (non-hydrogen) atoms. The molecule has 0 bridgehead atoms. The lowest BCUT2D eigenvalue weighted by Gasteiger charge is -2.24. The van der Waals surface area contributed by atoms with Crippen LogP contribution in [0.2, 0.25) is 0 Å². The van der Waals surface area contributed by atoms with Crippen molar-refractivity contribution in [2.24, 2.45) is 0 Å². The van der Waals surface area contributed by atoms with Crippen LogP contribution in [0.4, 0.5) is 5.82 Å². The van der Waals surface area contributed by atoms with Crippen LogP contribution in [0.15, 0.2) is 12.4 Å². The summed E-state index contributed by atoms with van der Waals surface area (Å²) in [7, 11) is 4.11. The third-order valence-corrected chi connectivity index (χ3v) is 2.47. The molecule has 0 radical (unpaired) electrons. The highest BCUT2D eigenvalue weighted by molar-refractivity contribution is 5.36. The molecule has 0 amide bonds. The summed E-state index contributed by atoms with van der Waals surface area (Å²) in [5.41, 5.74) is 0.619. The van der Waals surface area contributed by atoms with Crippen molar-refractivity contribution >= 4 is 5.82 Å². The number of likely N-dealkylation sites (N-methyl/N-ethyl adjacent to an activating group) is 1. The Kier molecular flexibility index (Phi) is 5.86. The minimum absolute atomic E-state index is 0.0610. The molecule has 0 fully saturated rings. The van der Waals surface area contributed by atoms with Crippen molar-refractivity contribution in [1.29, 1.82) is 0 Å². The van der Waals surface area contributed by atoms with Crippen LogP contribution >= 0.6 is 0 Å². The molecule has 0 spiro atoms. The number of hydrogen-bond donors (Lipinski definition) is 1. The topological polar surface area (TPSA) is 52.5 Å². The molecule has 1 rings (SSSR count). The first-order valence-corrected chi connectivity index (χ1v) is 5.98. The van der Waals surface area contributed by atoms with Crippen LogP contribution in [-0.2, 0) is 6.61 Å². The Morgan fingerprint density at radius 2 is 1.94 bits per heavy atom. The Morgan fingerprint density at radius 1 is 1.18 bits per heavy atom. The molecule has 96 valence electrons. The quantitative estimate of drug-likeness (QED) is 0.759. The lowest BCUT2D eigenvalue weighted by Crippen LogP contribution is -2.33. The standard InChI is InChI=1S/C12H22N4O/c1-4-5-16(7-6-15(2)3)12-9-13-8-11(10-17)14-12/h8-9,17H,4-7,10H2,1-3H3. The number of aliphatic hydroxyl groups is 1. The van der Waals surface area contributed by atoms with E-state index in [1.165, 1.54) is 0 Å². The van der Waals surface area contributed by atoms with E-state index in [0.29, 0.717) is 5.69 Å². The maximum absolute atomic E-state index is 9.06. The van der Waals surface area contributed by atoms with Gasteiger partial charge in [-0.3, -0.25) is 4.98 Å². The van der Waals surface area contributed by atoms with Crippen LogP contribution in [0, 0.1) is 0 Å². The molecule has 0 aliphatic rings. The number of anilines is 1. The molecule has 0 aliphatic heterocycles. The molecule has 0 atom stereocenters. The van der Waals surface area contributed by atoms with Crippen LogP contribution in [0.5, 0.6) is 0 Å². The molecule has 1 heterocycles. The van der Waals surface area contributed by atoms with Crippen LogP contribution in [0.25, 0.3) is 0 Å². The maximum atomic E-state index is 9.06. The summed E-state index contributed by atoms with van der Waals surface area (Å²) in [6, 6.07) is 0. The average Bonchev–Trinajstić information content (AvgIpc) is 2.34. The average molecular weight is 238 g/mol. The Morgan fingerprint density at radius 3 is 2.53 bits per heavy atom. The predicted molar refractivity (Wildman–Crippen MR) is 69.0 cm³/mol. The minimum atomic E-state index is -0.0610. The smallest absolute Gasteiger partial charge is 0.147 e. The molecule has 1 aromatic rings. The third-order valence-electron chi connectivity index (χ3n) is 2.47. The first-order chi connectivity index (χ1) is 8.17. The number of aromatic nitrogens is 2. The molecule has 1 aromatic heterocycles. The molecule has 0 aromatic carbocycles. The molecule has 5 heteroatoms. The summed E-state index contributed by atoms with van der Waals surface area (Å²) >= 11 is 0. The monoisotopic (exact) mass is 238 g/mol. The van der Waals surface area contributed by atoms with Gasteiger partial charge < -0.3 is 14.9 Å². The van der Waals surface area contributed by atoms with Crippen LogP contribution in [0.1, 0.15) is 19.0 Å². The fourth-order valence-corrected chi connectivity index (χ4v) is 1.55. The Bertz CT molecular complexity index is 330. The van der Waals surface area contributed by atoms with Gasteiger partial charge in [0.1, 0.15) is 5.82 Å². The summed E-state index contributed by atoms with van der Waals surface area (Å²) in [6.07, 6.45) is 4.42. The fraction of sp³-hybridized carbons (Fsp3) is 0.667. The zero-order valence-corrected chi connectivity index (χ0v) is 10.9. The van der Waals surface area contributed by atoms with Gasteiger partial charge in [0.2, 0.25) is 0 Å². The second-order valence-corrected chi connectivity index (χ2v) is 4.32. The van der Waals surface area contributed by atoms with Crippen molar-refractivity contribution in [1.82, 2.24) is 14.9 Å². The Balaban J connectivity index is 2.73. The van der Waals surface area contributed by atoms with Gasteiger partial charge in [-0.1, -0.05) is 6.92 Å². The van der Waals surface area contributed by atoms with E-state index in [2.05, 4.69) is 40.8 Å². The van der Waals surface area contributed by atoms with Gasteiger partial charge in [0.15, 0.2) is 0 Å². The van der Waals surface area contributed by atoms with Gasteiger partial charge in [0.25, 0.3) is 0 Å². The number of aliphatic hydroxyl groups excluding tert-OH is 1. The molecular weight excluding hydrogens is 216 g/mol. The summed E-state index contributed by atoms with van der Waals surface area (Å²) in [5.74, 6) is 0.847. The molecule has 0 aliphatic carbocycles. The van der Waals surface area contributed by atoms with Gasteiger partial charge in [-0.2, -0.15) is 0 Å². The summed E-state index contributed by atoms with van der Waals surface area (Å²) in [6.45, 7) is 4.94. The van der Waals surface area contributed by atoms with Crippen molar-refractivity contribution in [3.8, 4) is 0 Å². The highest BCUT2D eigenvalue weighted by Crippen LogP contribution is 2.10. The van der Waals surface area contributed by atoms with Crippen molar-refractivity contribution in [3.63, 3.8) is 0 Å². The van der Waals surface area contributed by atoms with Crippen molar-refractivity contribution in [3.05, 3.63) is 18.1 Å². The van der Waals surface area contributed by atoms with Gasteiger partial charge in [0, 0.05) is 19.6 Å². The lowest BCUT2D eigenvalue weighted by atomic mass is 10.3. The van der Waals surface area contributed by atoms with E-state index in [1.54, 1.807) is 12.4 Å². The molecular formula is C12H22N4O.